The third-order valence-electron chi connectivity index (χ3n) is 5.06. The number of amides is 1. The number of hydrogen-bond donors (Lipinski definition) is 2. The van der Waals surface area contributed by atoms with Gasteiger partial charge in [0.1, 0.15) is 5.75 Å². The van der Waals surface area contributed by atoms with Crippen molar-refractivity contribution in [3.05, 3.63) is 77.4 Å². The van der Waals surface area contributed by atoms with Gasteiger partial charge in [-0.25, -0.2) is 8.42 Å². The second-order valence-corrected chi connectivity index (χ2v) is 9.34. The van der Waals surface area contributed by atoms with E-state index in [4.69, 9.17) is 14.2 Å². The van der Waals surface area contributed by atoms with Gasteiger partial charge in [-0.05, 0) is 67.4 Å². The Morgan fingerprint density at radius 3 is 2.18 bits per heavy atom. The van der Waals surface area contributed by atoms with Crippen LogP contribution in [0.5, 0.6) is 17.2 Å². The van der Waals surface area contributed by atoms with Gasteiger partial charge in [-0.3, -0.25) is 9.52 Å². The van der Waals surface area contributed by atoms with E-state index in [2.05, 4.69) is 10.0 Å². The van der Waals surface area contributed by atoms with Gasteiger partial charge in [0.15, 0.2) is 18.1 Å². The van der Waals surface area contributed by atoms with E-state index in [1.165, 1.54) is 12.1 Å². The van der Waals surface area contributed by atoms with Crippen LogP contribution in [-0.2, 0) is 21.4 Å². The van der Waals surface area contributed by atoms with E-state index in [1.807, 2.05) is 25.1 Å². The molecule has 3 aromatic rings. The molecule has 0 fully saturated rings. The summed E-state index contributed by atoms with van der Waals surface area (Å²) in [6.07, 6.45) is 0. The van der Waals surface area contributed by atoms with Crippen LogP contribution in [0.1, 0.15) is 16.7 Å². The number of hydrogen-bond acceptors (Lipinski definition) is 6. The molecule has 0 aliphatic heterocycles. The Hall–Kier alpha value is -3.72. The minimum Gasteiger partial charge on any atom is -0.493 e. The lowest BCUT2D eigenvalue weighted by Crippen LogP contribution is -2.28. The Morgan fingerprint density at radius 2 is 1.53 bits per heavy atom. The molecule has 9 heteroatoms. The smallest absolute Gasteiger partial charge is 0.261 e. The molecule has 0 saturated carbocycles. The molecule has 34 heavy (non-hydrogen) atoms. The normalized spacial score (nSPS) is 10.9. The summed E-state index contributed by atoms with van der Waals surface area (Å²) in [5.41, 5.74) is 2.96. The summed E-state index contributed by atoms with van der Waals surface area (Å²) in [7, 11) is -0.647. The van der Waals surface area contributed by atoms with Crippen LogP contribution in [0.3, 0.4) is 0 Å². The molecule has 1 amide bonds. The molecule has 0 atom stereocenters. The maximum atomic E-state index is 12.7. The summed E-state index contributed by atoms with van der Waals surface area (Å²) in [6.45, 7) is 3.74. The Bertz CT molecular complexity index is 1260. The van der Waals surface area contributed by atoms with Gasteiger partial charge in [-0.1, -0.05) is 23.8 Å². The summed E-state index contributed by atoms with van der Waals surface area (Å²) in [4.78, 5) is 12.3. The van der Waals surface area contributed by atoms with Gasteiger partial charge in [0.25, 0.3) is 15.9 Å². The first-order valence-electron chi connectivity index (χ1n) is 10.5. The molecule has 0 spiro atoms. The van der Waals surface area contributed by atoms with Crippen LogP contribution in [0.15, 0.2) is 65.6 Å². The number of sulfonamides is 1. The van der Waals surface area contributed by atoms with Crippen molar-refractivity contribution in [3.8, 4) is 17.2 Å². The molecule has 0 unspecified atom stereocenters. The van der Waals surface area contributed by atoms with Crippen LogP contribution in [-0.4, -0.2) is 35.2 Å². The minimum atomic E-state index is -3.75. The van der Waals surface area contributed by atoms with Crippen molar-refractivity contribution >= 4 is 21.6 Å². The van der Waals surface area contributed by atoms with Crippen LogP contribution < -0.4 is 24.2 Å². The molecule has 0 aliphatic carbocycles. The average molecular weight is 485 g/mol. The highest BCUT2D eigenvalue weighted by Gasteiger charge is 2.16. The molecule has 0 radical (unpaired) electrons. The topological polar surface area (TPSA) is 103 Å². The molecule has 180 valence electrons. The van der Waals surface area contributed by atoms with Crippen molar-refractivity contribution in [3.63, 3.8) is 0 Å². The van der Waals surface area contributed by atoms with E-state index in [-0.39, 0.29) is 17.4 Å². The van der Waals surface area contributed by atoms with E-state index in [1.54, 1.807) is 51.5 Å². The van der Waals surface area contributed by atoms with Crippen LogP contribution in [0.2, 0.25) is 0 Å². The number of rotatable bonds is 10. The lowest BCUT2D eigenvalue weighted by atomic mass is 10.2. The largest absolute Gasteiger partial charge is 0.493 e. The first-order chi connectivity index (χ1) is 16.2. The fourth-order valence-electron chi connectivity index (χ4n) is 3.17. The number of anilines is 1. The molecule has 0 bridgehead atoms. The van der Waals surface area contributed by atoms with E-state index >= 15 is 0 Å². The van der Waals surface area contributed by atoms with Crippen LogP contribution >= 0.6 is 0 Å². The van der Waals surface area contributed by atoms with Gasteiger partial charge in [-0.15, -0.1) is 0 Å². The Labute approximate surface area is 199 Å². The van der Waals surface area contributed by atoms with Crippen molar-refractivity contribution in [1.82, 2.24) is 5.32 Å². The highest BCUT2D eigenvalue weighted by atomic mass is 32.2. The zero-order valence-electron chi connectivity index (χ0n) is 19.5. The lowest BCUT2D eigenvalue weighted by Gasteiger charge is -2.13. The zero-order valence-corrected chi connectivity index (χ0v) is 20.4. The molecule has 0 aromatic heterocycles. The van der Waals surface area contributed by atoms with Crippen LogP contribution in [0.4, 0.5) is 5.69 Å². The van der Waals surface area contributed by atoms with Crippen LogP contribution in [0, 0.1) is 13.8 Å². The van der Waals surface area contributed by atoms with Crippen LogP contribution in [0.25, 0.3) is 0 Å². The standard InChI is InChI=1S/C25H28N2O6S/c1-17-5-8-20(9-6-17)27-34(29,30)21-10-12-22(18(2)13-21)33-16-25(28)26-15-19-7-11-23(31-3)24(14-19)32-4/h5-14,27H,15-16H2,1-4H3,(H,26,28). The summed E-state index contributed by atoms with van der Waals surface area (Å²) < 4.78 is 44.0. The fraction of sp³-hybridized carbons (Fsp3) is 0.240. The number of benzene rings is 3. The SMILES string of the molecule is COc1ccc(CNC(=O)COc2ccc(S(=O)(=O)Nc3ccc(C)cc3)cc2C)cc1OC. The molecule has 0 heterocycles. The summed E-state index contributed by atoms with van der Waals surface area (Å²) in [5.74, 6) is 1.30. The fourth-order valence-corrected chi connectivity index (χ4v) is 4.32. The van der Waals surface area contributed by atoms with Gasteiger partial charge in [0.2, 0.25) is 0 Å². The van der Waals surface area contributed by atoms with E-state index in [9.17, 15) is 13.2 Å². The van der Waals surface area contributed by atoms with E-state index in [0.717, 1.165) is 11.1 Å². The number of nitrogens with one attached hydrogen (secondary N) is 2. The molecule has 8 nitrogen and oxygen atoms in total. The maximum absolute atomic E-state index is 12.7. The van der Waals surface area contributed by atoms with E-state index < -0.39 is 10.0 Å². The predicted octanol–water partition coefficient (Wildman–Crippen LogP) is 3.82. The maximum Gasteiger partial charge on any atom is 0.261 e. The zero-order chi connectivity index (χ0) is 24.7. The lowest BCUT2D eigenvalue weighted by molar-refractivity contribution is -0.123. The summed E-state index contributed by atoms with van der Waals surface area (Å²) in [5, 5.41) is 2.78. The second kappa shape index (κ2) is 10.9. The first kappa shape index (κ1) is 24.9. The van der Waals surface area contributed by atoms with Crippen molar-refractivity contribution in [2.24, 2.45) is 0 Å². The number of aryl methyl sites for hydroxylation is 2. The summed E-state index contributed by atoms with van der Waals surface area (Å²) in [6, 6.07) is 16.9. The van der Waals surface area contributed by atoms with Gasteiger partial charge in [0.05, 0.1) is 19.1 Å². The number of methoxy groups -OCH3 is 2. The second-order valence-electron chi connectivity index (χ2n) is 7.65. The molecule has 0 aliphatic rings. The number of ether oxygens (including phenoxy) is 3. The van der Waals surface area contributed by atoms with Gasteiger partial charge < -0.3 is 19.5 Å². The summed E-state index contributed by atoms with van der Waals surface area (Å²) >= 11 is 0. The van der Waals surface area contributed by atoms with Crippen molar-refractivity contribution in [1.29, 1.82) is 0 Å². The minimum absolute atomic E-state index is 0.107. The Balaban J connectivity index is 1.57. The third-order valence-corrected chi connectivity index (χ3v) is 6.44. The molecule has 2 N–H and O–H groups in total. The third kappa shape index (κ3) is 6.41. The predicted molar refractivity (Wildman–Crippen MR) is 130 cm³/mol. The first-order valence-corrected chi connectivity index (χ1v) is 12.0. The highest BCUT2D eigenvalue weighted by Crippen LogP contribution is 2.27. The van der Waals surface area contributed by atoms with Gasteiger partial charge >= 0.3 is 0 Å². The van der Waals surface area contributed by atoms with Gasteiger partial charge in [-0.2, -0.15) is 0 Å². The van der Waals surface area contributed by atoms with E-state index in [0.29, 0.717) is 35.0 Å². The molecule has 3 aromatic carbocycles. The quantitative estimate of drug-likeness (QED) is 0.454. The van der Waals surface area contributed by atoms with Crippen molar-refractivity contribution < 1.29 is 27.4 Å². The number of carbonyl (C=O) groups is 1. The van der Waals surface area contributed by atoms with Crippen molar-refractivity contribution in [2.45, 2.75) is 25.3 Å². The molecular weight excluding hydrogens is 456 g/mol. The monoisotopic (exact) mass is 484 g/mol. The Kier molecular flexibility index (Phi) is 8.01. The highest BCUT2D eigenvalue weighted by molar-refractivity contribution is 7.92. The van der Waals surface area contributed by atoms with Crippen molar-refractivity contribution in [2.75, 3.05) is 25.5 Å². The molecule has 0 saturated heterocycles. The molecule has 3 rings (SSSR count). The van der Waals surface area contributed by atoms with Gasteiger partial charge in [0, 0.05) is 12.2 Å². The Morgan fingerprint density at radius 1 is 0.853 bits per heavy atom. The number of carbonyl (C=O) groups excluding carboxylic acids is 1. The average Bonchev–Trinajstić information content (AvgIpc) is 2.83. The molecular formula is C25H28N2O6S.